The molecule has 1 atom stereocenters. The first kappa shape index (κ1) is 17.8. The smallest absolute Gasteiger partial charge is 0.255 e. The summed E-state index contributed by atoms with van der Waals surface area (Å²) in [4.78, 5) is 18.7. The van der Waals surface area contributed by atoms with E-state index in [-0.39, 0.29) is 36.8 Å². The minimum absolute atomic E-state index is 0. The van der Waals surface area contributed by atoms with Gasteiger partial charge < -0.3 is 15.0 Å². The number of rotatable bonds is 2. The van der Waals surface area contributed by atoms with E-state index in [4.69, 9.17) is 5.73 Å². The average Bonchev–Trinajstić information content (AvgIpc) is 2.93. The van der Waals surface area contributed by atoms with Gasteiger partial charge in [-0.05, 0) is 31.4 Å². The number of hydrogen-bond acceptors (Lipinski definition) is 3. The van der Waals surface area contributed by atoms with Crippen LogP contribution in [0.1, 0.15) is 29.6 Å². The van der Waals surface area contributed by atoms with Crippen molar-refractivity contribution in [3.05, 3.63) is 36.3 Å². The fraction of sp³-hybridized carbons (Fsp3) is 0.429. The zero-order chi connectivity index (χ0) is 13.2. The Balaban J connectivity index is 0.00000110. The number of carbonyl (C=O) groups excluding carboxylic acids is 1. The number of nitrogens with zero attached hydrogens (tertiary/aromatic N) is 3. The van der Waals surface area contributed by atoms with Gasteiger partial charge in [-0.3, -0.25) is 4.79 Å². The Bertz CT molecular complexity index is 601. The minimum atomic E-state index is 0. The summed E-state index contributed by atoms with van der Waals surface area (Å²) < 4.78 is 1.87. The van der Waals surface area contributed by atoms with E-state index in [0.29, 0.717) is 12.1 Å². The number of amides is 1. The Kier molecular flexibility index (Phi) is 6.45. The predicted molar refractivity (Wildman–Crippen MR) is 87.4 cm³/mol. The molecule has 3 heterocycles. The minimum Gasteiger partial charge on any atom is -0.334 e. The van der Waals surface area contributed by atoms with Crippen molar-refractivity contribution in [3.8, 4) is 0 Å². The average molecular weight is 331 g/mol. The van der Waals surface area contributed by atoms with E-state index in [1.807, 2.05) is 33.8 Å². The second-order valence-corrected chi connectivity index (χ2v) is 4.99. The van der Waals surface area contributed by atoms with Gasteiger partial charge in [0.15, 0.2) is 0 Å². The summed E-state index contributed by atoms with van der Waals surface area (Å²) in [5.41, 5.74) is 7.33. The molecule has 1 fully saturated rings. The fourth-order valence-corrected chi connectivity index (χ4v) is 2.73. The van der Waals surface area contributed by atoms with Crippen molar-refractivity contribution < 1.29 is 4.79 Å². The SMILES string of the molecule is Cl.Cl.NCC1CCCCN1C(=O)c1ccc2nccn2c1. The van der Waals surface area contributed by atoms with Gasteiger partial charge in [0.25, 0.3) is 5.91 Å². The van der Waals surface area contributed by atoms with Crippen molar-refractivity contribution in [2.75, 3.05) is 13.1 Å². The van der Waals surface area contributed by atoms with Crippen LogP contribution < -0.4 is 5.73 Å². The van der Waals surface area contributed by atoms with Crippen LogP contribution in [0.3, 0.4) is 0 Å². The lowest BCUT2D eigenvalue weighted by atomic mass is 10.0. The second kappa shape index (κ2) is 7.64. The molecule has 1 amide bonds. The van der Waals surface area contributed by atoms with Crippen LogP contribution in [0, 0.1) is 0 Å². The maximum Gasteiger partial charge on any atom is 0.255 e. The monoisotopic (exact) mass is 330 g/mol. The lowest BCUT2D eigenvalue weighted by Gasteiger charge is -2.35. The van der Waals surface area contributed by atoms with Crippen LogP contribution in [0.5, 0.6) is 0 Å². The summed E-state index contributed by atoms with van der Waals surface area (Å²) >= 11 is 0. The molecule has 1 aliphatic rings. The van der Waals surface area contributed by atoms with Crippen LogP contribution >= 0.6 is 24.8 Å². The molecule has 2 aromatic heterocycles. The molecule has 0 bridgehead atoms. The molecule has 0 spiro atoms. The van der Waals surface area contributed by atoms with Crippen molar-refractivity contribution >= 4 is 36.4 Å². The molecule has 5 nitrogen and oxygen atoms in total. The van der Waals surface area contributed by atoms with E-state index in [9.17, 15) is 4.79 Å². The van der Waals surface area contributed by atoms with Gasteiger partial charge in [-0.15, -0.1) is 24.8 Å². The largest absolute Gasteiger partial charge is 0.334 e. The Labute approximate surface area is 136 Å². The Morgan fingerprint density at radius 3 is 2.90 bits per heavy atom. The molecule has 1 saturated heterocycles. The van der Waals surface area contributed by atoms with Crippen LogP contribution in [0.25, 0.3) is 5.65 Å². The van der Waals surface area contributed by atoms with E-state index in [2.05, 4.69) is 4.98 Å². The zero-order valence-electron chi connectivity index (χ0n) is 11.6. The molecular formula is C14H20Cl2N4O. The highest BCUT2D eigenvalue weighted by Gasteiger charge is 2.26. The summed E-state index contributed by atoms with van der Waals surface area (Å²) in [5, 5.41) is 0. The zero-order valence-corrected chi connectivity index (χ0v) is 13.3. The maximum atomic E-state index is 12.6. The van der Waals surface area contributed by atoms with Gasteiger partial charge in [0.05, 0.1) is 5.56 Å². The third kappa shape index (κ3) is 3.48. The van der Waals surface area contributed by atoms with Crippen LogP contribution in [0.2, 0.25) is 0 Å². The van der Waals surface area contributed by atoms with Crippen molar-refractivity contribution in [2.24, 2.45) is 5.73 Å². The van der Waals surface area contributed by atoms with E-state index < -0.39 is 0 Å². The molecule has 0 saturated carbocycles. The molecule has 2 N–H and O–H groups in total. The van der Waals surface area contributed by atoms with Crippen molar-refractivity contribution in [2.45, 2.75) is 25.3 Å². The van der Waals surface area contributed by atoms with Crippen molar-refractivity contribution in [1.82, 2.24) is 14.3 Å². The third-order valence-corrected chi connectivity index (χ3v) is 3.80. The molecule has 0 aliphatic carbocycles. The molecule has 21 heavy (non-hydrogen) atoms. The van der Waals surface area contributed by atoms with Crippen molar-refractivity contribution in [1.29, 1.82) is 0 Å². The second-order valence-electron chi connectivity index (χ2n) is 4.99. The van der Waals surface area contributed by atoms with Gasteiger partial charge >= 0.3 is 0 Å². The highest BCUT2D eigenvalue weighted by molar-refractivity contribution is 5.94. The van der Waals surface area contributed by atoms with E-state index in [1.54, 1.807) is 6.20 Å². The summed E-state index contributed by atoms with van der Waals surface area (Å²) in [6, 6.07) is 3.89. The highest BCUT2D eigenvalue weighted by Crippen LogP contribution is 2.19. The molecule has 0 aromatic carbocycles. The van der Waals surface area contributed by atoms with Crippen LogP contribution in [-0.2, 0) is 0 Å². The molecule has 1 unspecified atom stereocenters. The number of carbonyl (C=O) groups is 1. The van der Waals surface area contributed by atoms with Crippen molar-refractivity contribution in [3.63, 3.8) is 0 Å². The number of imidazole rings is 1. The molecule has 7 heteroatoms. The number of piperidine rings is 1. The van der Waals surface area contributed by atoms with Gasteiger partial charge in [0.1, 0.15) is 5.65 Å². The predicted octanol–water partition coefficient (Wildman–Crippen LogP) is 2.13. The quantitative estimate of drug-likeness (QED) is 0.917. The van der Waals surface area contributed by atoms with Crippen LogP contribution in [0.15, 0.2) is 30.7 Å². The van der Waals surface area contributed by atoms with E-state index in [1.165, 1.54) is 0 Å². The highest BCUT2D eigenvalue weighted by atomic mass is 35.5. The van der Waals surface area contributed by atoms with Crippen LogP contribution in [0.4, 0.5) is 0 Å². The van der Waals surface area contributed by atoms with Gasteiger partial charge in [0, 0.05) is 37.7 Å². The first-order chi connectivity index (χ1) is 9.29. The Morgan fingerprint density at radius 1 is 1.33 bits per heavy atom. The van der Waals surface area contributed by atoms with E-state index in [0.717, 1.165) is 31.5 Å². The van der Waals surface area contributed by atoms with Gasteiger partial charge in [0.2, 0.25) is 0 Å². The molecule has 0 radical (unpaired) electrons. The summed E-state index contributed by atoms with van der Waals surface area (Å²) in [6.45, 7) is 1.35. The van der Waals surface area contributed by atoms with E-state index >= 15 is 0 Å². The van der Waals surface area contributed by atoms with Gasteiger partial charge in [-0.1, -0.05) is 0 Å². The summed E-state index contributed by atoms with van der Waals surface area (Å²) in [7, 11) is 0. The van der Waals surface area contributed by atoms with Gasteiger partial charge in [-0.2, -0.15) is 0 Å². The number of aromatic nitrogens is 2. The van der Waals surface area contributed by atoms with Gasteiger partial charge in [-0.25, -0.2) is 4.98 Å². The maximum absolute atomic E-state index is 12.6. The molecule has 2 aromatic rings. The molecule has 1 aliphatic heterocycles. The Hall–Kier alpha value is -1.30. The number of likely N-dealkylation sites (tertiary alicyclic amines) is 1. The number of nitrogens with two attached hydrogens (primary N) is 1. The first-order valence-corrected chi connectivity index (χ1v) is 6.73. The number of pyridine rings is 1. The summed E-state index contributed by atoms with van der Waals surface area (Å²) in [6.07, 6.45) is 8.65. The Morgan fingerprint density at radius 2 is 2.14 bits per heavy atom. The number of halogens is 2. The summed E-state index contributed by atoms with van der Waals surface area (Å²) in [5.74, 6) is 0.0748. The lowest BCUT2D eigenvalue weighted by molar-refractivity contribution is 0.0623. The topological polar surface area (TPSA) is 63.6 Å². The van der Waals surface area contributed by atoms with Crippen LogP contribution in [-0.4, -0.2) is 39.3 Å². The molecular weight excluding hydrogens is 311 g/mol. The lowest BCUT2D eigenvalue weighted by Crippen LogP contribution is -2.47. The number of fused-ring (bicyclic) bond motifs is 1. The standard InChI is InChI=1S/C14H18N4O.2ClH/c15-9-12-3-1-2-7-18(12)14(19)11-4-5-13-16-6-8-17(13)10-11;;/h4-6,8,10,12H,1-3,7,9,15H2;2*1H. The fourth-order valence-electron chi connectivity index (χ4n) is 2.73. The number of hydrogen-bond donors (Lipinski definition) is 1. The molecule has 116 valence electrons. The molecule has 3 rings (SSSR count). The third-order valence-electron chi connectivity index (χ3n) is 3.80. The normalized spacial score (nSPS) is 18.0. The first-order valence-electron chi connectivity index (χ1n) is 6.73.